The van der Waals surface area contributed by atoms with Crippen molar-refractivity contribution < 1.29 is 21.6 Å². The quantitative estimate of drug-likeness (QED) is 0.695. The second kappa shape index (κ2) is 8.10. The Kier molecular flexibility index (Phi) is 6.14. The van der Waals surface area contributed by atoms with Crippen LogP contribution >= 0.6 is 0 Å². The molecule has 1 aromatic carbocycles. The molecule has 8 nitrogen and oxygen atoms in total. The van der Waals surface area contributed by atoms with E-state index in [-0.39, 0.29) is 16.7 Å². The molecule has 0 aromatic heterocycles. The van der Waals surface area contributed by atoms with Crippen LogP contribution in [0, 0.1) is 12.8 Å². The van der Waals surface area contributed by atoms with E-state index in [4.69, 9.17) is 0 Å². The van der Waals surface area contributed by atoms with Crippen LogP contribution in [-0.2, 0) is 24.8 Å². The zero-order chi connectivity index (χ0) is 20.5. The van der Waals surface area contributed by atoms with Gasteiger partial charge >= 0.3 is 0 Å². The summed E-state index contributed by atoms with van der Waals surface area (Å²) in [4.78, 5) is 14.7. The average molecular weight is 430 g/mol. The van der Waals surface area contributed by atoms with E-state index in [2.05, 4.69) is 0 Å². The normalized spacial score (nSPS) is 21.0. The molecule has 0 aliphatic carbocycles. The van der Waals surface area contributed by atoms with Crippen LogP contribution in [0.25, 0.3) is 0 Å². The zero-order valence-corrected chi connectivity index (χ0v) is 17.9. The zero-order valence-electron chi connectivity index (χ0n) is 16.2. The van der Waals surface area contributed by atoms with Crippen LogP contribution in [0.15, 0.2) is 29.2 Å². The Morgan fingerprint density at radius 2 is 1.39 bits per heavy atom. The molecule has 1 amide bonds. The van der Waals surface area contributed by atoms with Crippen LogP contribution in [0.3, 0.4) is 0 Å². The molecule has 3 rings (SSSR count). The Hall–Kier alpha value is -1.49. The minimum absolute atomic E-state index is 0.000495. The highest BCUT2D eigenvalue weighted by Crippen LogP contribution is 2.25. The number of rotatable bonds is 4. The van der Waals surface area contributed by atoms with Crippen LogP contribution < -0.4 is 0 Å². The van der Waals surface area contributed by atoms with Crippen molar-refractivity contribution >= 4 is 26.0 Å². The van der Waals surface area contributed by atoms with Crippen molar-refractivity contribution in [2.75, 3.05) is 45.5 Å². The number of sulfonamides is 2. The van der Waals surface area contributed by atoms with Crippen molar-refractivity contribution in [1.82, 2.24) is 13.5 Å². The number of piperidine rings is 1. The van der Waals surface area contributed by atoms with Gasteiger partial charge in [0, 0.05) is 45.2 Å². The van der Waals surface area contributed by atoms with Gasteiger partial charge in [-0.3, -0.25) is 4.79 Å². The molecule has 0 unspecified atom stereocenters. The second-order valence-electron chi connectivity index (χ2n) is 7.48. The number of hydrogen-bond donors (Lipinski definition) is 0. The molecule has 156 valence electrons. The molecule has 1 aromatic rings. The van der Waals surface area contributed by atoms with Crippen molar-refractivity contribution in [3.05, 3.63) is 29.8 Å². The SMILES string of the molecule is Cc1ccc(S(=O)(=O)N2CCC(C(=O)N3CCN(S(C)(=O)=O)CC3)CC2)cc1. The number of hydrogen-bond acceptors (Lipinski definition) is 5. The molecule has 10 heteroatoms. The maximum Gasteiger partial charge on any atom is 0.243 e. The first kappa shape index (κ1) is 21.2. The first-order valence-corrected chi connectivity index (χ1v) is 12.7. The summed E-state index contributed by atoms with van der Waals surface area (Å²) >= 11 is 0. The number of nitrogens with zero attached hydrogens (tertiary/aromatic N) is 3. The van der Waals surface area contributed by atoms with E-state index in [0.717, 1.165) is 5.56 Å². The summed E-state index contributed by atoms with van der Waals surface area (Å²) in [5.41, 5.74) is 0.999. The van der Waals surface area contributed by atoms with Crippen LogP contribution in [0.2, 0.25) is 0 Å². The summed E-state index contributed by atoms with van der Waals surface area (Å²) in [6.45, 7) is 3.92. The Bertz CT molecular complexity index is 912. The molecule has 2 aliphatic rings. The molecule has 2 saturated heterocycles. The lowest BCUT2D eigenvalue weighted by Crippen LogP contribution is -2.52. The maximum atomic E-state index is 12.8. The van der Waals surface area contributed by atoms with Gasteiger partial charge < -0.3 is 4.90 Å². The molecule has 28 heavy (non-hydrogen) atoms. The van der Waals surface area contributed by atoms with Gasteiger partial charge in [0.2, 0.25) is 26.0 Å². The third kappa shape index (κ3) is 4.56. The molecule has 0 saturated carbocycles. The van der Waals surface area contributed by atoms with E-state index in [9.17, 15) is 21.6 Å². The van der Waals surface area contributed by atoms with Crippen LogP contribution in [-0.4, -0.2) is 81.8 Å². The molecular weight excluding hydrogens is 402 g/mol. The van der Waals surface area contributed by atoms with Gasteiger partial charge in [-0.15, -0.1) is 0 Å². The number of benzene rings is 1. The van der Waals surface area contributed by atoms with Crippen LogP contribution in [0.4, 0.5) is 0 Å². The molecular formula is C18H27N3O5S2. The smallest absolute Gasteiger partial charge is 0.243 e. The Labute approximate surface area is 167 Å². The summed E-state index contributed by atoms with van der Waals surface area (Å²) in [7, 11) is -6.77. The molecule has 0 spiro atoms. The fourth-order valence-electron chi connectivity index (χ4n) is 3.70. The maximum absolute atomic E-state index is 12.8. The molecule has 0 radical (unpaired) electrons. The number of piperazine rings is 1. The Morgan fingerprint density at radius 1 is 0.857 bits per heavy atom. The summed E-state index contributed by atoms with van der Waals surface area (Å²) in [6.07, 6.45) is 2.14. The van der Waals surface area contributed by atoms with Gasteiger partial charge in [0.25, 0.3) is 0 Å². The molecule has 2 heterocycles. The van der Waals surface area contributed by atoms with Crippen molar-refractivity contribution in [1.29, 1.82) is 0 Å². The second-order valence-corrected chi connectivity index (χ2v) is 11.4. The highest BCUT2D eigenvalue weighted by molar-refractivity contribution is 7.89. The van der Waals surface area contributed by atoms with Crippen molar-refractivity contribution in [3.63, 3.8) is 0 Å². The van der Waals surface area contributed by atoms with Gasteiger partial charge in [-0.2, -0.15) is 8.61 Å². The highest BCUT2D eigenvalue weighted by Gasteiger charge is 2.35. The monoisotopic (exact) mass is 429 g/mol. The first-order valence-electron chi connectivity index (χ1n) is 9.40. The van der Waals surface area contributed by atoms with Gasteiger partial charge in [-0.05, 0) is 31.9 Å². The van der Waals surface area contributed by atoms with E-state index in [0.29, 0.717) is 52.1 Å². The lowest BCUT2D eigenvalue weighted by Gasteiger charge is -2.37. The number of carbonyl (C=O) groups is 1. The van der Waals surface area contributed by atoms with Crippen LogP contribution in [0.1, 0.15) is 18.4 Å². The molecule has 0 bridgehead atoms. The third-order valence-corrected chi connectivity index (χ3v) is 8.70. The molecule has 2 fully saturated rings. The van der Waals surface area contributed by atoms with E-state index in [1.165, 1.54) is 14.9 Å². The molecule has 2 aliphatic heterocycles. The van der Waals surface area contributed by atoms with Crippen molar-refractivity contribution in [3.8, 4) is 0 Å². The van der Waals surface area contributed by atoms with Gasteiger partial charge in [0.15, 0.2) is 0 Å². The largest absolute Gasteiger partial charge is 0.340 e. The van der Waals surface area contributed by atoms with Gasteiger partial charge in [-0.25, -0.2) is 16.8 Å². The topological polar surface area (TPSA) is 95.1 Å². The molecule has 0 atom stereocenters. The lowest BCUT2D eigenvalue weighted by molar-refractivity contribution is -0.137. The number of aryl methyl sites for hydroxylation is 1. The number of amides is 1. The highest BCUT2D eigenvalue weighted by atomic mass is 32.2. The summed E-state index contributed by atoms with van der Waals surface area (Å²) in [5.74, 6) is -0.213. The fourth-order valence-corrected chi connectivity index (χ4v) is 6.00. The molecule has 0 N–H and O–H groups in total. The average Bonchev–Trinajstić information content (AvgIpc) is 2.67. The summed E-state index contributed by atoms with van der Waals surface area (Å²) in [5, 5.41) is 0. The van der Waals surface area contributed by atoms with E-state index in [1.807, 2.05) is 6.92 Å². The third-order valence-electron chi connectivity index (χ3n) is 5.48. The summed E-state index contributed by atoms with van der Waals surface area (Å²) in [6, 6.07) is 6.78. The minimum atomic E-state index is -3.54. The first-order chi connectivity index (χ1) is 13.1. The van der Waals surface area contributed by atoms with E-state index < -0.39 is 20.0 Å². The fraction of sp³-hybridized carbons (Fsp3) is 0.611. The van der Waals surface area contributed by atoms with E-state index in [1.54, 1.807) is 29.2 Å². The standard InChI is InChI=1S/C18H27N3O5S2/c1-15-3-5-17(6-4-15)28(25,26)21-9-7-16(8-10-21)18(22)19-11-13-20(14-12-19)27(2,23)24/h3-6,16H,7-14H2,1-2H3. The van der Waals surface area contributed by atoms with Gasteiger partial charge in [0.1, 0.15) is 0 Å². The van der Waals surface area contributed by atoms with Crippen molar-refractivity contribution in [2.24, 2.45) is 5.92 Å². The predicted octanol–water partition coefficient (Wildman–Crippen LogP) is 0.500. The Morgan fingerprint density at radius 3 is 1.89 bits per heavy atom. The van der Waals surface area contributed by atoms with Crippen LogP contribution in [0.5, 0.6) is 0 Å². The number of carbonyl (C=O) groups excluding carboxylic acids is 1. The Balaban J connectivity index is 1.56. The van der Waals surface area contributed by atoms with Gasteiger partial charge in [-0.1, -0.05) is 17.7 Å². The minimum Gasteiger partial charge on any atom is -0.340 e. The van der Waals surface area contributed by atoms with Crippen molar-refractivity contribution in [2.45, 2.75) is 24.7 Å². The summed E-state index contributed by atoms with van der Waals surface area (Å²) < 4.78 is 51.6. The predicted molar refractivity (Wildman–Crippen MR) is 106 cm³/mol. The lowest BCUT2D eigenvalue weighted by atomic mass is 9.96. The van der Waals surface area contributed by atoms with Gasteiger partial charge in [0.05, 0.1) is 11.2 Å². The van der Waals surface area contributed by atoms with E-state index >= 15 is 0 Å².